The normalized spacial score (nSPS) is 19.4. The largest absolute Gasteiger partial charge is 0.244 e. The van der Waals surface area contributed by atoms with Gasteiger partial charge in [0.15, 0.2) is 0 Å². The maximum absolute atomic E-state index is 14.0. The van der Waals surface area contributed by atoms with Crippen LogP contribution in [0.3, 0.4) is 0 Å². The van der Waals surface area contributed by atoms with Crippen LogP contribution in [-0.4, -0.2) is 12.3 Å². The van der Waals surface area contributed by atoms with E-state index in [1.54, 1.807) is 13.8 Å². The zero-order valence-electron chi connectivity index (χ0n) is 12.3. The molecule has 0 aromatic rings. The molecule has 0 fully saturated rings. The first-order valence-electron chi connectivity index (χ1n) is 7.09. The van der Waals surface area contributed by atoms with Crippen molar-refractivity contribution in [1.82, 2.24) is 0 Å². The van der Waals surface area contributed by atoms with E-state index in [0.29, 0.717) is 11.8 Å². The van der Waals surface area contributed by atoms with Crippen molar-refractivity contribution in [2.45, 2.75) is 73.1 Å². The van der Waals surface area contributed by atoms with Crippen molar-refractivity contribution < 1.29 is 8.78 Å². The third-order valence-corrected chi connectivity index (χ3v) is 3.83. The predicted octanol–water partition coefficient (Wildman–Crippen LogP) is 5.42. The highest BCUT2D eigenvalue weighted by atomic mass is 19.2. The molecule has 0 radical (unpaired) electrons. The molecule has 0 bridgehead atoms. The molecule has 0 saturated heterocycles. The van der Waals surface area contributed by atoms with Gasteiger partial charge in [-0.1, -0.05) is 54.4 Å². The monoisotopic (exact) mass is 248 g/mol. The van der Waals surface area contributed by atoms with Crippen LogP contribution >= 0.6 is 0 Å². The van der Waals surface area contributed by atoms with E-state index in [9.17, 15) is 8.78 Å². The lowest BCUT2D eigenvalue weighted by molar-refractivity contribution is 0.0551. The van der Waals surface area contributed by atoms with Gasteiger partial charge in [-0.15, -0.1) is 0 Å². The Morgan fingerprint density at radius 1 is 0.824 bits per heavy atom. The second-order valence-corrected chi connectivity index (χ2v) is 6.13. The Morgan fingerprint density at radius 3 is 1.71 bits per heavy atom. The molecule has 4 atom stereocenters. The molecule has 104 valence electrons. The maximum atomic E-state index is 14.0. The van der Waals surface area contributed by atoms with E-state index in [1.807, 2.05) is 6.92 Å². The number of hydrogen-bond acceptors (Lipinski definition) is 0. The first kappa shape index (κ1) is 16.9. The van der Waals surface area contributed by atoms with E-state index in [1.165, 1.54) is 0 Å². The third kappa shape index (κ3) is 5.83. The fourth-order valence-corrected chi connectivity index (χ4v) is 2.30. The van der Waals surface area contributed by atoms with Gasteiger partial charge in [-0.05, 0) is 30.1 Å². The minimum atomic E-state index is -1.32. The molecule has 0 spiro atoms. The Hall–Kier alpha value is -0.140. The highest BCUT2D eigenvalue weighted by Crippen LogP contribution is 2.31. The number of halogens is 2. The summed E-state index contributed by atoms with van der Waals surface area (Å²) in [5, 5.41) is 0. The van der Waals surface area contributed by atoms with Crippen LogP contribution in [0.5, 0.6) is 0 Å². The fourth-order valence-electron chi connectivity index (χ4n) is 2.30. The molecule has 0 aromatic heterocycles. The molecule has 0 saturated carbocycles. The zero-order valence-corrected chi connectivity index (χ0v) is 12.3. The summed E-state index contributed by atoms with van der Waals surface area (Å²) >= 11 is 0. The smallest absolute Gasteiger partial charge is 0.134 e. The number of rotatable bonds is 8. The van der Waals surface area contributed by atoms with Gasteiger partial charge in [0, 0.05) is 0 Å². The van der Waals surface area contributed by atoms with Crippen molar-refractivity contribution in [2.24, 2.45) is 23.7 Å². The quantitative estimate of drug-likeness (QED) is 0.538. The summed E-state index contributed by atoms with van der Waals surface area (Å²) in [6, 6.07) is 0. The van der Waals surface area contributed by atoms with Crippen molar-refractivity contribution in [2.75, 3.05) is 0 Å². The van der Waals surface area contributed by atoms with E-state index in [0.717, 1.165) is 19.3 Å². The zero-order chi connectivity index (χ0) is 13.6. The molecule has 0 nitrogen and oxygen atoms in total. The Kier molecular flexibility index (Phi) is 7.98. The molecular weight excluding hydrogens is 218 g/mol. The van der Waals surface area contributed by atoms with Crippen LogP contribution in [0.2, 0.25) is 0 Å². The molecule has 0 heterocycles. The highest BCUT2D eigenvalue weighted by Gasteiger charge is 2.32. The summed E-state index contributed by atoms with van der Waals surface area (Å²) in [6.45, 7) is 11.8. The summed E-state index contributed by atoms with van der Waals surface area (Å²) in [5.41, 5.74) is 0. The Morgan fingerprint density at radius 2 is 1.35 bits per heavy atom. The van der Waals surface area contributed by atoms with Crippen molar-refractivity contribution in [3.63, 3.8) is 0 Å². The summed E-state index contributed by atoms with van der Waals surface area (Å²) < 4.78 is 27.7. The molecule has 0 aliphatic carbocycles. The second-order valence-electron chi connectivity index (χ2n) is 6.13. The molecule has 0 N–H and O–H groups in total. The summed E-state index contributed by atoms with van der Waals surface area (Å²) in [7, 11) is 0. The van der Waals surface area contributed by atoms with Crippen LogP contribution < -0.4 is 0 Å². The minimum absolute atomic E-state index is 0.170. The first-order valence-corrected chi connectivity index (χ1v) is 7.09. The average molecular weight is 248 g/mol. The lowest BCUT2D eigenvalue weighted by Crippen LogP contribution is -2.33. The van der Waals surface area contributed by atoms with Crippen LogP contribution in [0.25, 0.3) is 0 Å². The van der Waals surface area contributed by atoms with Gasteiger partial charge in [0.05, 0.1) is 0 Å². The van der Waals surface area contributed by atoms with Gasteiger partial charge in [0.1, 0.15) is 12.3 Å². The van der Waals surface area contributed by atoms with Gasteiger partial charge in [-0.2, -0.15) is 0 Å². The Labute approximate surface area is 106 Å². The number of alkyl halides is 2. The Balaban J connectivity index is 4.36. The molecule has 0 aliphatic rings. The maximum Gasteiger partial charge on any atom is 0.134 e. The van der Waals surface area contributed by atoms with Crippen molar-refractivity contribution in [3.8, 4) is 0 Å². The van der Waals surface area contributed by atoms with Crippen molar-refractivity contribution in [3.05, 3.63) is 0 Å². The molecule has 0 amide bonds. The standard InChI is InChI=1S/C15H30F2/c1-7-13(9-8-10(2)3)12(6)15(17)14(16)11(4)5/h10-15H,7-9H2,1-6H3. The van der Waals surface area contributed by atoms with Crippen LogP contribution in [0.15, 0.2) is 0 Å². The SMILES string of the molecule is CCC(CCC(C)C)C(C)C(F)C(F)C(C)C. The Bertz CT molecular complexity index is 189. The molecule has 0 rings (SSSR count). The minimum Gasteiger partial charge on any atom is -0.244 e. The third-order valence-electron chi connectivity index (χ3n) is 3.83. The lowest BCUT2D eigenvalue weighted by atomic mass is 9.80. The average Bonchev–Trinajstić information content (AvgIpc) is 2.26. The van der Waals surface area contributed by atoms with E-state index in [2.05, 4.69) is 20.8 Å². The van der Waals surface area contributed by atoms with Crippen LogP contribution in [0.4, 0.5) is 8.78 Å². The van der Waals surface area contributed by atoms with Gasteiger partial charge in [0.25, 0.3) is 0 Å². The van der Waals surface area contributed by atoms with E-state index in [-0.39, 0.29) is 11.8 Å². The molecule has 2 heteroatoms. The van der Waals surface area contributed by atoms with E-state index in [4.69, 9.17) is 0 Å². The highest BCUT2D eigenvalue weighted by molar-refractivity contribution is 4.80. The topological polar surface area (TPSA) is 0 Å². The van der Waals surface area contributed by atoms with Gasteiger partial charge in [-0.25, -0.2) is 8.78 Å². The molecular formula is C15H30F2. The molecule has 0 aliphatic heterocycles. The van der Waals surface area contributed by atoms with Crippen LogP contribution in [0, 0.1) is 23.7 Å². The van der Waals surface area contributed by atoms with Gasteiger partial charge in [0.2, 0.25) is 0 Å². The lowest BCUT2D eigenvalue weighted by Gasteiger charge is -2.29. The van der Waals surface area contributed by atoms with Gasteiger partial charge >= 0.3 is 0 Å². The molecule has 4 unspecified atom stereocenters. The second kappa shape index (κ2) is 8.05. The van der Waals surface area contributed by atoms with Crippen molar-refractivity contribution in [1.29, 1.82) is 0 Å². The molecule has 17 heavy (non-hydrogen) atoms. The van der Waals surface area contributed by atoms with Crippen molar-refractivity contribution >= 4 is 0 Å². The fraction of sp³-hybridized carbons (Fsp3) is 1.00. The predicted molar refractivity (Wildman–Crippen MR) is 71.6 cm³/mol. The van der Waals surface area contributed by atoms with E-state index < -0.39 is 12.3 Å². The van der Waals surface area contributed by atoms with Crippen LogP contribution in [-0.2, 0) is 0 Å². The van der Waals surface area contributed by atoms with Gasteiger partial charge in [-0.3, -0.25) is 0 Å². The van der Waals surface area contributed by atoms with Crippen LogP contribution in [0.1, 0.15) is 60.8 Å². The van der Waals surface area contributed by atoms with E-state index >= 15 is 0 Å². The number of hydrogen-bond donors (Lipinski definition) is 0. The first-order chi connectivity index (χ1) is 7.81. The van der Waals surface area contributed by atoms with Gasteiger partial charge < -0.3 is 0 Å². The summed E-state index contributed by atoms with van der Waals surface area (Å²) in [4.78, 5) is 0. The molecule has 0 aromatic carbocycles. The summed E-state index contributed by atoms with van der Waals surface area (Å²) in [5.74, 6) is 0.552. The summed E-state index contributed by atoms with van der Waals surface area (Å²) in [6.07, 6.45) is 0.429.